The highest BCUT2D eigenvalue weighted by molar-refractivity contribution is 5.95. The first kappa shape index (κ1) is 12.7. The number of aromatic carboxylic acids is 1. The van der Waals surface area contributed by atoms with Crippen molar-refractivity contribution < 1.29 is 14.7 Å². The Morgan fingerprint density at radius 2 is 2.00 bits per heavy atom. The minimum absolute atomic E-state index is 0.149. The monoisotopic (exact) mass is 232 g/mol. The number of nitrogens with one attached hydrogen (secondary N) is 1. The highest BCUT2D eigenvalue weighted by Crippen LogP contribution is 2.10. The Morgan fingerprint density at radius 1 is 1.41 bits per heavy atom. The summed E-state index contributed by atoms with van der Waals surface area (Å²) in [7, 11) is 0. The Kier molecular flexibility index (Phi) is 4.26. The Labute approximate surface area is 98.6 Å². The fraction of sp³-hybridized carbons (Fsp3) is 0.167. The predicted molar refractivity (Wildman–Crippen MR) is 63.5 cm³/mol. The van der Waals surface area contributed by atoms with Crippen molar-refractivity contribution in [3.05, 3.63) is 29.8 Å². The lowest BCUT2D eigenvalue weighted by molar-refractivity contribution is -0.117. The molecule has 0 unspecified atom stereocenters. The van der Waals surface area contributed by atoms with Gasteiger partial charge in [-0.15, -0.1) is 12.3 Å². The Bertz CT molecular complexity index is 460. The molecule has 4 N–H and O–H groups in total. The number of carbonyl (C=O) groups excluding carboxylic acids is 1. The van der Waals surface area contributed by atoms with Gasteiger partial charge in [-0.3, -0.25) is 4.79 Å². The number of carboxylic acid groups (broad SMARTS) is 1. The first-order valence-corrected chi connectivity index (χ1v) is 4.88. The third-order valence-corrected chi connectivity index (χ3v) is 2.07. The van der Waals surface area contributed by atoms with Crippen molar-refractivity contribution in [1.29, 1.82) is 0 Å². The van der Waals surface area contributed by atoms with Gasteiger partial charge in [0, 0.05) is 12.1 Å². The van der Waals surface area contributed by atoms with Gasteiger partial charge in [-0.05, 0) is 24.3 Å². The molecule has 5 heteroatoms. The number of anilines is 1. The molecule has 0 saturated heterocycles. The molecular formula is C12H12N2O3. The van der Waals surface area contributed by atoms with Crippen LogP contribution in [0.25, 0.3) is 0 Å². The molecule has 0 saturated carbocycles. The number of carbonyl (C=O) groups is 2. The number of hydrogen-bond acceptors (Lipinski definition) is 3. The molecule has 1 aromatic carbocycles. The van der Waals surface area contributed by atoms with Crippen LogP contribution >= 0.6 is 0 Å². The first-order chi connectivity index (χ1) is 8.04. The highest BCUT2D eigenvalue weighted by atomic mass is 16.4. The normalized spacial score (nSPS) is 11.3. The maximum atomic E-state index is 11.5. The summed E-state index contributed by atoms with van der Waals surface area (Å²) in [6.45, 7) is 0. The second-order valence-electron chi connectivity index (χ2n) is 3.39. The zero-order chi connectivity index (χ0) is 12.8. The second-order valence-corrected chi connectivity index (χ2v) is 3.39. The van der Waals surface area contributed by atoms with Crippen molar-refractivity contribution >= 4 is 17.6 Å². The molecule has 0 spiro atoms. The van der Waals surface area contributed by atoms with Gasteiger partial charge in [0.15, 0.2) is 0 Å². The molecule has 0 heterocycles. The van der Waals surface area contributed by atoms with Crippen LogP contribution in [0.1, 0.15) is 16.8 Å². The summed E-state index contributed by atoms with van der Waals surface area (Å²) in [5.74, 6) is 0.876. The maximum absolute atomic E-state index is 11.5. The molecule has 0 aliphatic rings. The fourth-order valence-electron chi connectivity index (χ4n) is 1.15. The third kappa shape index (κ3) is 3.63. The first-order valence-electron chi connectivity index (χ1n) is 4.88. The summed E-state index contributed by atoms with van der Waals surface area (Å²) in [5.41, 5.74) is 6.13. The quantitative estimate of drug-likeness (QED) is 0.665. The van der Waals surface area contributed by atoms with E-state index in [1.54, 1.807) is 0 Å². The van der Waals surface area contributed by atoms with Crippen LogP contribution < -0.4 is 11.1 Å². The number of terminal acetylenes is 1. The minimum Gasteiger partial charge on any atom is -0.478 e. The average molecular weight is 232 g/mol. The van der Waals surface area contributed by atoms with Gasteiger partial charge in [0.2, 0.25) is 5.91 Å². The number of nitrogens with two attached hydrogens (primary N) is 1. The molecule has 1 amide bonds. The van der Waals surface area contributed by atoms with Crippen molar-refractivity contribution in [2.45, 2.75) is 12.5 Å². The lowest BCUT2D eigenvalue weighted by Gasteiger charge is -2.09. The lowest BCUT2D eigenvalue weighted by Crippen LogP contribution is -2.35. The van der Waals surface area contributed by atoms with E-state index in [9.17, 15) is 9.59 Å². The largest absolute Gasteiger partial charge is 0.478 e. The van der Waals surface area contributed by atoms with Crippen molar-refractivity contribution in [3.63, 3.8) is 0 Å². The van der Waals surface area contributed by atoms with E-state index in [4.69, 9.17) is 17.3 Å². The van der Waals surface area contributed by atoms with Crippen molar-refractivity contribution in [3.8, 4) is 12.3 Å². The summed E-state index contributed by atoms with van der Waals surface area (Å²) in [5, 5.41) is 11.2. The molecule has 0 aliphatic heterocycles. The van der Waals surface area contributed by atoms with E-state index in [2.05, 4.69) is 11.2 Å². The Morgan fingerprint density at radius 3 is 2.47 bits per heavy atom. The van der Waals surface area contributed by atoms with Crippen LogP contribution in [0.15, 0.2) is 24.3 Å². The molecule has 0 aliphatic carbocycles. The van der Waals surface area contributed by atoms with Crippen molar-refractivity contribution in [2.24, 2.45) is 5.73 Å². The highest BCUT2D eigenvalue weighted by Gasteiger charge is 2.12. The molecule has 0 aromatic heterocycles. The van der Waals surface area contributed by atoms with E-state index in [1.165, 1.54) is 24.3 Å². The van der Waals surface area contributed by atoms with E-state index >= 15 is 0 Å². The van der Waals surface area contributed by atoms with Crippen LogP contribution in [0.4, 0.5) is 5.69 Å². The van der Waals surface area contributed by atoms with Gasteiger partial charge in [-0.25, -0.2) is 4.79 Å². The second kappa shape index (κ2) is 5.68. The van der Waals surface area contributed by atoms with Gasteiger partial charge in [0.25, 0.3) is 0 Å². The molecule has 1 rings (SSSR count). The molecule has 5 nitrogen and oxygen atoms in total. The Hall–Kier alpha value is -2.32. The van der Waals surface area contributed by atoms with Gasteiger partial charge >= 0.3 is 5.97 Å². The van der Waals surface area contributed by atoms with Crippen LogP contribution in [0.5, 0.6) is 0 Å². The SMILES string of the molecule is C#CC[C@H](N)C(=O)Nc1ccc(C(=O)O)cc1. The lowest BCUT2D eigenvalue weighted by atomic mass is 10.2. The van der Waals surface area contributed by atoms with Gasteiger partial charge in [-0.1, -0.05) is 0 Å². The standard InChI is InChI=1S/C12H12N2O3/c1-2-3-10(13)11(15)14-9-6-4-8(5-7-9)12(16)17/h1,4-7,10H,3,13H2,(H,14,15)(H,16,17)/t10-/m0/s1. The number of rotatable bonds is 4. The summed E-state index contributed by atoms with van der Waals surface area (Å²) >= 11 is 0. The van der Waals surface area contributed by atoms with Gasteiger partial charge < -0.3 is 16.2 Å². The zero-order valence-corrected chi connectivity index (χ0v) is 9.01. The maximum Gasteiger partial charge on any atom is 0.335 e. The van der Waals surface area contributed by atoms with E-state index < -0.39 is 17.9 Å². The molecule has 1 aromatic rings. The third-order valence-electron chi connectivity index (χ3n) is 2.07. The van der Waals surface area contributed by atoms with Crippen LogP contribution in [0, 0.1) is 12.3 Å². The van der Waals surface area contributed by atoms with Gasteiger partial charge in [-0.2, -0.15) is 0 Å². The molecule has 17 heavy (non-hydrogen) atoms. The number of amides is 1. The van der Waals surface area contributed by atoms with Crippen LogP contribution in [0.2, 0.25) is 0 Å². The van der Waals surface area contributed by atoms with E-state index in [0.717, 1.165) is 0 Å². The molecule has 0 fully saturated rings. The van der Waals surface area contributed by atoms with E-state index in [-0.39, 0.29) is 12.0 Å². The molecule has 0 bridgehead atoms. The van der Waals surface area contributed by atoms with Gasteiger partial charge in [0.1, 0.15) is 0 Å². The van der Waals surface area contributed by atoms with Crippen LogP contribution in [-0.2, 0) is 4.79 Å². The average Bonchev–Trinajstić information content (AvgIpc) is 2.30. The van der Waals surface area contributed by atoms with E-state index in [1.807, 2.05) is 0 Å². The minimum atomic E-state index is -1.02. The molecular weight excluding hydrogens is 220 g/mol. The number of benzene rings is 1. The summed E-state index contributed by atoms with van der Waals surface area (Å²) < 4.78 is 0. The van der Waals surface area contributed by atoms with Crippen LogP contribution in [0.3, 0.4) is 0 Å². The predicted octanol–water partition coefficient (Wildman–Crippen LogP) is 0.674. The summed E-state index contributed by atoms with van der Waals surface area (Å²) in [6.07, 6.45) is 5.19. The zero-order valence-electron chi connectivity index (χ0n) is 9.01. The molecule has 88 valence electrons. The fourth-order valence-corrected chi connectivity index (χ4v) is 1.15. The molecule has 1 atom stereocenters. The Balaban J connectivity index is 2.67. The summed E-state index contributed by atoms with van der Waals surface area (Å²) in [4.78, 5) is 22.1. The van der Waals surface area contributed by atoms with Crippen LogP contribution in [-0.4, -0.2) is 23.0 Å². The molecule has 0 radical (unpaired) electrons. The summed E-state index contributed by atoms with van der Waals surface area (Å²) in [6, 6.07) is 5.00. The topological polar surface area (TPSA) is 92.4 Å². The smallest absolute Gasteiger partial charge is 0.335 e. The van der Waals surface area contributed by atoms with E-state index in [0.29, 0.717) is 5.69 Å². The number of carboxylic acids is 1. The number of hydrogen-bond donors (Lipinski definition) is 3. The van der Waals surface area contributed by atoms with Crippen molar-refractivity contribution in [2.75, 3.05) is 5.32 Å². The van der Waals surface area contributed by atoms with Crippen molar-refractivity contribution in [1.82, 2.24) is 0 Å². The van der Waals surface area contributed by atoms with Gasteiger partial charge in [0.05, 0.1) is 11.6 Å².